The highest BCUT2D eigenvalue weighted by molar-refractivity contribution is 9.09. The average Bonchev–Trinajstić information content (AvgIpc) is 2.69. The Morgan fingerprint density at radius 2 is 2.29 bits per heavy atom. The van der Waals surface area contributed by atoms with E-state index in [0.29, 0.717) is 5.56 Å². The lowest BCUT2D eigenvalue weighted by molar-refractivity contribution is 0.0934. The molecule has 0 spiro atoms. The number of aromatic nitrogens is 2. The Morgan fingerprint density at radius 3 is 2.82 bits per heavy atom. The van der Waals surface area contributed by atoms with Gasteiger partial charge in [-0.1, -0.05) is 29.8 Å². The lowest BCUT2D eigenvalue weighted by Crippen LogP contribution is -2.34. The second kappa shape index (κ2) is 6.79. The number of rotatable bonds is 6. The smallest absolute Gasteiger partial charge is 0.254 e. The predicted molar refractivity (Wildman–Crippen MR) is 72.5 cm³/mol. The summed E-state index contributed by atoms with van der Waals surface area (Å²) < 4.78 is 1.69. The van der Waals surface area contributed by atoms with Crippen LogP contribution in [-0.4, -0.2) is 27.1 Å². The first-order chi connectivity index (χ1) is 8.12. The number of nitrogens with zero attached hydrogens (tertiary/aromatic N) is 2. The zero-order valence-electron chi connectivity index (χ0n) is 10.7. The average molecular weight is 302 g/mol. The summed E-state index contributed by atoms with van der Waals surface area (Å²) in [7, 11) is 1.84. The fourth-order valence-corrected chi connectivity index (χ4v) is 2.31. The van der Waals surface area contributed by atoms with Gasteiger partial charge in [-0.2, -0.15) is 5.10 Å². The summed E-state index contributed by atoms with van der Waals surface area (Å²) in [5.41, 5.74) is 1.56. The van der Waals surface area contributed by atoms with Gasteiger partial charge < -0.3 is 5.32 Å². The van der Waals surface area contributed by atoms with Crippen molar-refractivity contribution in [3.63, 3.8) is 0 Å². The third-order valence-corrected chi connectivity index (χ3v) is 3.23. The Kier molecular flexibility index (Phi) is 5.68. The predicted octanol–water partition coefficient (Wildman–Crippen LogP) is 2.28. The monoisotopic (exact) mass is 301 g/mol. The van der Waals surface area contributed by atoms with Gasteiger partial charge in [0.25, 0.3) is 5.91 Å². The highest BCUT2D eigenvalue weighted by Gasteiger charge is 2.16. The van der Waals surface area contributed by atoms with E-state index in [2.05, 4.69) is 33.3 Å². The van der Waals surface area contributed by atoms with Gasteiger partial charge in [0.15, 0.2) is 0 Å². The van der Waals surface area contributed by atoms with Crippen LogP contribution in [0.4, 0.5) is 0 Å². The number of carbonyl (C=O) groups excluding carboxylic acids is 1. The molecule has 0 aliphatic heterocycles. The number of nitrogens with one attached hydrogen (secondary N) is 1. The van der Waals surface area contributed by atoms with E-state index in [4.69, 9.17) is 0 Å². The highest BCUT2D eigenvalue weighted by atomic mass is 79.9. The van der Waals surface area contributed by atoms with Gasteiger partial charge in [-0.25, -0.2) is 0 Å². The van der Waals surface area contributed by atoms with Crippen molar-refractivity contribution in [2.45, 2.75) is 39.2 Å². The van der Waals surface area contributed by atoms with E-state index in [0.717, 1.165) is 30.3 Å². The van der Waals surface area contributed by atoms with Gasteiger partial charge in [-0.3, -0.25) is 9.48 Å². The molecular formula is C12H20BrN3O. The Bertz CT molecular complexity index is 376. The van der Waals surface area contributed by atoms with Crippen LogP contribution < -0.4 is 5.32 Å². The zero-order chi connectivity index (χ0) is 12.8. The van der Waals surface area contributed by atoms with Crippen LogP contribution >= 0.6 is 15.9 Å². The van der Waals surface area contributed by atoms with E-state index in [9.17, 15) is 4.79 Å². The van der Waals surface area contributed by atoms with Crippen LogP contribution in [0.1, 0.15) is 42.7 Å². The maximum atomic E-state index is 12.1. The fraction of sp³-hybridized carbons (Fsp3) is 0.667. The van der Waals surface area contributed by atoms with Crippen LogP contribution in [0.15, 0.2) is 6.20 Å². The third-order valence-electron chi connectivity index (χ3n) is 2.77. The summed E-state index contributed by atoms with van der Waals surface area (Å²) in [5.74, 6) is -0.0113. The number of amides is 1. The first kappa shape index (κ1) is 14.2. The summed E-state index contributed by atoms with van der Waals surface area (Å²) in [6, 6.07) is 0.229. The first-order valence-electron chi connectivity index (χ1n) is 6.01. The van der Waals surface area contributed by atoms with E-state index in [-0.39, 0.29) is 11.9 Å². The molecule has 0 radical (unpaired) electrons. The van der Waals surface area contributed by atoms with E-state index in [1.54, 1.807) is 10.9 Å². The molecule has 0 saturated carbocycles. The number of alkyl halides is 1. The standard InChI is InChI=1S/C12H20BrN3O/c1-4-9(6-7-13)14-12(17)10-8-16(3)15-11(10)5-2/h8-9H,4-7H2,1-3H3,(H,14,17). The normalized spacial score (nSPS) is 12.5. The van der Waals surface area contributed by atoms with Crippen LogP contribution in [0.3, 0.4) is 0 Å². The van der Waals surface area contributed by atoms with Crippen molar-refractivity contribution in [2.24, 2.45) is 7.05 Å². The van der Waals surface area contributed by atoms with E-state index < -0.39 is 0 Å². The summed E-state index contributed by atoms with van der Waals surface area (Å²) >= 11 is 3.40. The van der Waals surface area contributed by atoms with Crippen molar-refractivity contribution in [3.8, 4) is 0 Å². The molecule has 17 heavy (non-hydrogen) atoms. The summed E-state index contributed by atoms with van der Waals surface area (Å²) in [6.45, 7) is 4.09. The van der Waals surface area contributed by atoms with Crippen molar-refractivity contribution in [3.05, 3.63) is 17.5 Å². The summed E-state index contributed by atoms with van der Waals surface area (Å²) in [6.07, 6.45) is 4.46. The molecule has 1 N–H and O–H groups in total. The molecule has 1 atom stereocenters. The molecule has 1 amide bonds. The second-order valence-electron chi connectivity index (χ2n) is 4.07. The van der Waals surface area contributed by atoms with E-state index >= 15 is 0 Å². The number of hydrogen-bond donors (Lipinski definition) is 1. The topological polar surface area (TPSA) is 46.9 Å². The number of hydrogen-bond acceptors (Lipinski definition) is 2. The minimum atomic E-state index is -0.0113. The molecule has 4 nitrogen and oxygen atoms in total. The largest absolute Gasteiger partial charge is 0.349 e. The molecule has 0 fully saturated rings. The molecule has 1 rings (SSSR count). The minimum Gasteiger partial charge on any atom is -0.349 e. The Labute approximate surface area is 111 Å². The van der Waals surface area contributed by atoms with Crippen molar-refractivity contribution in [2.75, 3.05) is 5.33 Å². The molecule has 0 aromatic carbocycles. The molecule has 5 heteroatoms. The fourth-order valence-electron chi connectivity index (χ4n) is 1.76. The maximum absolute atomic E-state index is 12.1. The molecule has 1 aromatic heterocycles. The first-order valence-corrected chi connectivity index (χ1v) is 7.13. The zero-order valence-corrected chi connectivity index (χ0v) is 12.2. The number of halogens is 1. The lowest BCUT2D eigenvalue weighted by Gasteiger charge is -2.15. The van der Waals surface area contributed by atoms with Gasteiger partial charge in [0, 0.05) is 24.6 Å². The Balaban J connectivity index is 2.74. The van der Waals surface area contributed by atoms with Gasteiger partial charge in [0.2, 0.25) is 0 Å². The Hall–Kier alpha value is -0.840. The number of aryl methyl sites for hydroxylation is 2. The van der Waals surface area contributed by atoms with Gasteiger partial charge >= 0.3 is 0 Å². The van der Waals surface area contributed by atoms with Crippen LogP contribution in [-0.2, 0) is 13.5 Å². The van der Waals surface area contributed by atoms with E-state index in [1.165, 1.54) is 0 Å². The van der Waals surface area contributed by atoms with E-state index in [1.807, 2.05) is 14.0 Å². The molecule has 1 heterocycles. The lowest BCUT2D eigenvalue weighted by atomic mass is 10.1. The summed E-state index contributed by atoms with van der Waals surface area (Å²) in [4.78, 5) is 12.1. The van der Waals surface area contributed by atoms with Crippen molar-refractivity contribution < 1.29 is 4.79 Å². The molecular weight excluding hydrogens is 282 g/mol. The quantitative estimate of drug-likeness (QED) is 0.820. The van der Waals surface area contributed by atoms with Gasteiger partial charge in [-0.05, 0) is 19.3 Å². The van der Waals surface area contributed by atoms with Crippen LogP contribution in [0.2, 0.25) is 0 Å². The summed E-state index contributed by atoms with van der Waals surface area (Å²) in [5, 5.41) is 8.23. The maximum Gasteiger partial charge on any atom is 0.254 e. The van der Waals surface area contributed by atoms with Crippen molar-refractivity contribution in [1.82, 2.24) is 15.1 Å². The third kappa shape index (κ3) is 3.84. The van der Waals surface area contributed by atoms with Crippen LogP contribution in [0.25, 0.3) is 0 Å². The molecule has 0 saturated heterocycles. The van der Waals surface area contributed by atoms with Gasteiger partial charge in [-0.15, -0.1) is 0 Å². The van der Waals surface area contributed by atoms with Crippen molar-refractivity contribution >= 4 is 21.8 Å². The highest BCUT2D eigenvalue weighted by Crippen LogP contribution is 2.09. The Morgan fingerprint density at radius 1 is 1.59 bits per heavy atom. The second-order valence-corrected chi connectivity index (χ2v) is 4.87. The minimum absolute atomic E-state index is 0.0113. The van der Waals surface area contributed by atoms with Crippen molar-refractivity contribution in [1.29, 1.82) is 0 Å². The molecule has 0 aliphatic carbocycles. The van der Waals surface area contributed by atoms with Crippen LogP contribution in [0.5, 0.6) is 0 Å². The van der Waals surface area contributed by atoms with Crippen LogP contribution in [0, 0.1) is 0 Å². The molecule has 0 aliphatic rings. The number of carbonyl (C=O) groups is 1. The molecule has 1 aromatic rings. The molecule has 1 unspecified atom stereocenters. The molecule has 96 valence electrons. The molecule has 0 bridgehead atoms. The SMILES string of the molecule is CCc1nn(C)cc1C(=O)NC(CC)CCBr. The van der Waals surface area contributed by atoms with Gasteiger partial charge in [0.1, 0.15) is 0 Å². The van der Waals surface area contributed by atoms with Gasteiger partial charge in [0.05, 0.1) is 11.3 Å².